The molecule has 2 heterocycles. The molecule has 0 radical (unpaired) electrons. The zero-order valence-electron chi connectivity index (χ0n) is 17.3. The van der Waals surface area contributed by atoms with Gasteiger partial charge in [-0.05, 0) is 38.6 Å². The molecule has 0 bridgehead atoms. The lowest BCUT2D eigenvalue weighted by Gasteiger charge is -2.34. The number of benzene rings is 1. The maximum Gasteiger partial charge on any atom is 0.226 e. The van der Waals surface area contributed by atoms with Crippen molar-refractivity contribution in [3.63, 3.8) is 0 Å². The number of carbonyl (C=O) groups excluding carboxylic acids is 1. The Labute approximate surface area is 162 Å². The van der Waals surface area contributed by atoms with E-state index in [4.69, 9.17) is 4.98 Å². The molecule has 2 aromatic rings. The Morgan fingerprint density at radius 2 is 1.78 bits per heavy atom. The highest BCUT2D eigenvalue weighted by Crippen LogP contribution is 2.25. The number of imidazole rings is 1. The summed E-state index contributed by atoms with van der Waals surface area (Å²) in [5.41, 5.74) is 2.90. The van der Waals surface area contributed by atoms with Gasteiger partial charge in [0.2, 0.25) is 5.91 Å². The van der Waals surface area contributed by atoms with Crippen LogP contribution in [0.15, 0.2) is 18.2 Å². The standard InChI is InChI=1S/C21H33N5O/c1-6-24-9-11-25(12-10-24)14-20-23-18-13-17(22-21(27)15(2)3)7-8-19(18)26(20)16(4)5/h7-8,13,15-16H,6,9-12,14H2,1-5H3,(H,22,27). The molecule has 0 spiro atoms. The molecular formula is C21H33N5O. The molecule has 3 rings (SSSR count). The lowest BCUT2D eigenvalue weighted by atomic mass is 10.2. The Bertz CT molecular complexity index is 787. The van der Waals surface area contributed by atoms with E-state index in [-0.39, 0.29) is 11.8 Å². The fourth-order valence-corrected chi connectivity index (χ4v) is 3.66. The van der Waals surface area contributed by atoms with Crippen LogP contribution in [-0.2, 0) is 11.3 Å². The number of aromatic nitrogens is 2. The maximum absolute atomic E-state index is 12.0. The second kappa shape index (κ2) is 8.40. The fraction of sp³-hybridized carbons (Fsp3) is 0.619. The third-order valence-electron chi connectivity index (χ3n) is 5.35. The average Bonchev–Trinajstić information content (AvgIpc) is 2.99. The van der Waals surface area contributed by atoms with Crippen molar-refractivity contribution in [3.8, 4) is 0 Å². The van der Waals surface area contributed by atoms with Crippen LogP contribution in [0.2, 0.25) is 0 Å². The number of anilines is 1. The predicted molar refractivity (Wildman–Crippen MR) is 111 cm³/mol. The molecule has 27 heavy (non-hydrogen) atoms. The SMILES string of the molecule is CCN1CCN(Cc2nc3cc(NC(=O)C(C)C)ccc3n2C(C)C)CC1. The smallest absolute Gasteiger partial charge is 0.226 e. The summed E-state index contributed by atoms with van der Waals surface area (Å²) in [6, 6.07) is 6.40. The molecule has 0 aliphatic carbocycles. The van der Waals surface area contributed by atoms with Crippen LogP contribution in [0.4, 0.5) is 5.69 Å². The summed E-state index contributed by atoms with van der Waals surface area (Å²) in [7, 11) is 0. The highest BCUT2D eigenvalue weighted by Gasteiger charge is 2.20. The van der Waals surface area contributed by atoms with Crippen LogP contribution in [0.5, 0.6) is 0 Å². The first-order valence-electron chi connectivity index (χ1n) is 10.2. The van der Waals surface area contributed by atoms with Gasteiger partial charge in [-0.25, -0.2) is 4.98 Å². The molecule has 0 atom stereocenters. The van der Waals surface area contributed by atoms with Gasteiger partial charge >= 0.3 is 0 Å². The van der Waals surface area contributed by atoms with E-state index >= 15 is 0 Å². The third-order valence-corrected chi connectivity index (χ3v) is 5.35. The summed E-state index contributed by atoms with van der Waals surface area (Å²) in [6.07, 6.45) is 0. The van der Waals surface area contributed by atoms with Crippen molar-refractivity contribution in [2.45, 2.75) is 47.2 Å². The van der Waals surface area contributed by atoms with Crippen molar-refractivity contribution in [2.75, 3.05) is 38.0 Å². The normalized spacial score (nSPS) is 16.6. The number of nitrogens with one attached hydrogen (secondary N) is 1. The van der Waals surface area contributed by atoms with Crippen molar-refractivity contribution < 1.29 is 4.79 Å². The Balaban J connectivity index is 1.84. The third kappa shape index (κ3) is 4.50. The largest absolute Gasteiger partial charge is 0.326 e. The zero-order chi connectivity index (χ0) is 19.6. The molecule has 6 nitrogen and oxygen atoms in total. The van der Waals surface area contributed by atoms with Gasteiger partial charge in [-0.3, -0.25) is 9.69 Å². The van der Waals surface area contributed by atoms with Gasteiger partial charge in [0.25, 0.3) is 0 Å². The first kappa shape index (κ1) is 19.8. The second-order valence-corrected chi connectivity index (χ2v) is 8.05. The van der Waals surface area contributed by atoms with Crippen molar-refractivity contribution in [1.82, 2.24) is 19.4 Å². The van der Waals surface area contributed by atoms with Crippen LogP contribution in [-0.4, -0.2) is 58.0 Å². The van der Waals surface area contributed by atoms with Gasteiger partial charge in [0.1, 0.15) is 5.82 Å². The lowest BCUT2D eigenvalue weighted by Crippen LogP contribution is -2.45. The number of amides is 1. The predicted octanol–water partition coefficient (Wildman–Crippen LogP) is 3.35. The summed E-state index contributed by atoms with van der Waals surface area (Å²) < 4.78 is 2.33. The van der Waals surface area contributed by atoms with Crippen molar-refractivity contribution >= 4 is 22.6 Å². The average molecular weight is 372 g/mol. The number of carbonyl (C=O) groups is 1. The van der Waals surface area contributed by atoms with Crippen LogP contribution in [0.1, 0.15) is 46.5 Å². The van der Waals surface area contributed by atoms with E-state index in [1.165, 1.54) is 0 Å². The van der Waals surface area contributed by atoms with Crippen molar-refractivity contribution in [3.05, 3.63) is 24.0 Å². The lowest BCUT2D eigenvalue weighted by molar-refractivity contribution is -0.118. The summed E-state index contributed by atoms with van der Waals surface area (Å²) in [5, 5.41) is 2.98. The number of likely N-dealkylation sites (N-methyl/N-ethyl adjacent to an activating group) is 1. The van der Waals surface area contributed by atoms with E-state index in [2.05, 4.69) is 46.5 Å². The molecule has 1 aromatic carbocycles. The summed E-state index contributed by atoms with van der Waals surface area (Å²) in [6.45, 7) is 16.9. The van der Waals surface area contributed by atoms with Gasteiger partial charge in [0, 0.05) is 43.8 Å². The van der Waals surface area contributed by atoms with Gasteiger partial charge in [0.15, 0.2) is 0 Å². The van der Waals surface area contributed by atoms with Crippen molar-refractivity contribution in [1.29, 1.82) is 0 Å². The summed E-state index contributed by atoms with van der Waals surface area (Å²) in [5.74, 6) is 1.11. The summed E-state index contributed by atoms with van der Waals surface area (Å²) >= 11 is 0. The number of piperazine rings is 1. The van der Waals surface area contributed by atoms with Crippen molar-refractivity contribution in [2.24, 2.45) is 5.92 Å². The van der Waals surface area contributed by atoms with Crippen LogP contribution in [0.25, 0.3) is 11.0 Å². The number of nitrogens with zero attached hydrogens (tertiary/aromatic N) is 4. The minimum atomic E-state index is -0.0359. The van der Waals surface area contributed by atoms with Gasteiger partial charge < -0.3 is 14.8 Å². The zero-order valence-corrected chi connectivity index (χ0v) is 17.3. The molecule has 1 amide bonds. The molecule has 1 aromatic heterocycles. The van der Waals surface area contributed by atoms with E-state index in [1.807, 2.05) is 26.0 Å². The molecule has 1 fully saturated rings. The van der Waals surface area contributed by atoms with E-state index in [0.29, 0.717) is 6.04 Å². The van der Waals surface area contributed by atoms with E-state index in [0.717, 1.165) is 61.8 Å². The van der Waals surface area contributed by atoms with E-state index < -0.39 is 0 Å². The molecule has 6 heteroatoms. The molecule has 1 aliphatic heterocycles. The van der Waals surface area contributed by atoms with Crippen LogP contribution >= 0.6 is 0 Å². The Kier molecular flexibility index (Phi) is 6.17. The minimum Gasteiger partial charge on any atom is -0.326 e. The molecule has 1 saturated heterocycles. The van der Waals surface area contributed by atoms with Gasteiger partial charge in [-0.2, -0.15) is 0 Å². The maximum atomic E-state index is 12.0. The monoisotopic (exact) mass is 371 g/mol. The highest BCUT2D eigenvalue weighted by atomic mass is 16.1. The molecule has 0 unspecified atom stereocenters. The van der Waals surface area contributed by atoms with Crippen LogP contribution < -0.4 is 5.32 Å². The number of fused-ring (bicyclic) bond motifs is 1. The molecule has 1 aliphatic rings. The number of hydrogen-bond acceptors (Lipinski definition) is 4. The van der Waals surface area contributed by atoms with Crippen LogP contribution in [0.3, 0.4) is 0 Å². The van der Waals surface area contributed by atoms with Gasteiger partial charge in [-0.1, -0.05) is 20.8 Å². The molecule has 0 saturated carbocycles. The van der Waals surface area contributed by atoms with E-state index in [9.17, 15) is 4.79 Å². The number of rotatable bonds is 6. The molecule has 1 N–H and O–H groups in total. The fourth-order valence-electron chi connectivity index (χ4n) is 3.66. The Hall–Kier alpha value is -1.92. The van der Waals surface area contributed by atoms with E-state index in [1.54, 1.807) is 0 Å². The highest BCUT2D eigenvalue weighted by molar-refractivity contribution is 5.94. The Morgan fingerprint density at radius 3 is 2.37 bits per heavy atom. The van der Waals surface area contributed by atoms with Gasteiger partial charge in [0.05, 0.1) is 17.6 Å². The Morgan fingerprint density at radius 1 is 1.11 bits per heavy atom. The first-order valence-corrected chi connectivity index (χ1v) is 10.2. The molecule has 148 valence electrons. The summed E-state index contributed by atoms with van der Waals surface area (Å²) in [4.78, 5) is 21.9. The topological polar surface area (TPSA) is 53.4 Å². The minimum absolute atomic E-state index is 0.0339. The molecular weight excluding hydrogens is 338 g/mol. The first-order chi connectivity index (χ1) is 12.9. The quantitative estimate of drug-likeness (QED) is 0.846. The van der Waals surface area contributed by atoms with Gasteiger partial charge in [-0.15, -0.1) is 0 Å². The number of hydrogen-bond donors (Lipinski definition) is 1. The second-order valence-electron chi connectivity index (χ2n) is 8.05. The van der Waals surface area contributed by atoms with Crippen LogP contribution in [0, 0.1) is 5.92 Å².